The van der Waals surface area contributed by atoms with Crippen LogP contribution in [0.3, 0.4) is 0 Å². The molecule has 1 aromatic rings. The normalized spacial score (nSPS) is 11.7. The number of rotatable bonds is 22. The summed E-state index contributed by atoms with van der Waals surface area (Å²) in [7, 11) is 0. The molecule has 220 valence electrons. The quantitative estimate of drug-likeness (QED) is 0.116. The standard InChI is InChI=1S/C34H60O3S/c1-7-8-9-10-11-12-13-14-15-16-17-18-19-20-21-22-24-38-25-23-37-32(35)27-30-28(2)26-31(34(4,5)6)33(36)29(30)3/h26,36H,7-25,27H2,1-6H3. The van der Waals surface area contributed by atoms with Gasteiger partial charge in [0.1, 0.15) is 12.4 Å². The van der Waals surface area contributed by atoms with Crippen molar-refractivity contribution < 1.29 is 14.6 Å². The molecule has 1 aromatic carbocycles. The van der Waals surface area contributed by atoms with Gasteiger partial charge in [0.2, 0.25) is 0 Å². The molecule has 0 aliphatic rings. The van der Waals surface area contributed by atoms with Gasteiger partial charge in [-0.1, -0.05) is 130 Å². The van der Waals surface area contributed by atoms with Gasteiger partial charge >= 0.3 is 5.97 Å². The molecule has 4 heteroatoms. The number of benzene rings is 1. The van der Waals surface area contributed by atoms with Crippen LogP contribution in [-0.4, -0.2) is 29.2 Å². The summed E-state index contributed by atoms with van der Waals surface area (Å²) in [5.41, 5.74) is 3.52. The highest BCUT2D eigenvalue weighted by Crippen LogP contribution is 2.36. The monoisotopic (exact) mass is 548 g/mol. The van der Waals surface area contributed by atoms with Crippen LogP contribution in [0.4, 0.5) is 0 Å². The van der Waals surface area contributed by atoms with Gasteiger partial charge in [-0.15, -0.1) is 0 Å². The average molecular weight is 549 g/mol. The summed E-state index contributed by atoms with van der Waals surface area (Å²) in [6.07, 6.45) is 22.6. The van der Waals surface area contributed by atoms with Gasteiger partial charge in [0.05, 0.1) is 6.42 Å². The van der Waals surface area contributed by atoms with E-state index >= 15 is 0 Å². The molecular weight excluding hydrogens is 488 g/mol. The van der Waals surface area contributed by atoms with Crippen LogP contribution in [-0.2, 0) is 21.4 Å². The second-order valence-electron chi connectivity index (χ2n) is 12.3. The van der Waals surface area contributed by atoms with Crippen molar-refractivity contribution in [3.05, 3.63) is 28.3 Å². The van der Waals surface area contributed by atoms with E-state index in [2.05, 4.69) is 27.7 Å². The minimum atomic E-state index is -0.206. The third-order valence-corrected chi connectivity index (χ3v) is 8.69. The lowest BCUT2D eigenvalue weighted by Crippen LogP contribution is -2.16. The molecule has 0 amide bonds. The van der Waals surface area contributed by atoms with E-state index in [0.717, 1.165) is 33.8 Å². The topological polar surface area (TPSA) is 46.5 Å². The Morgan fingerprint density at radius 2 is 1.26 bits per heavy atom. The van der Waals surface area contributed by atoms with Crippen molar-refractivity contribution in [1.82, 2.24) is 0 Å². The fraction of sp³-hybridized carbons (Fsp3) is 0.794. The van der Waals surface area contributed by atoms with E-state index in [0.29, 0.717) is 12.4 Å². The summed E-state index contributed by atoms with van der Waals surface area (Å²) >= 11 is 1.88. The van der Waals surface area contributed by atoms with E-state index in [-0.39, 0.29) is 17.8 Å². The van der Waals surface area contributed by atoms with Crippen molar-refractivity contribution in [3.63, 3.8) is 0 Å². The lowest BCUT2D eigenvalue weighted by Gasteiger charge is -2.24. The third-order valence-electron chi connectivity index (χ3n) is 7.66. The zero-order chi connectivity index (χ0) is 28.2. The zero-order valence-electron chi connectivity index (χ0n) is 25.9. The van der Waals surface area contributed by atoms with Gasteiger partial charge in [-0.2, -0.15) is 11.8 Å². The van der Waals surface area contributed by atoms with Gasteiger partial charge in [0, 0.05) is 5.75 Å². The van der Waals surface area contributed by atoms with Crippen LogP contribution in [0.5, 0.6) is 5.75 Å². The maximum Gasteiger partial charge on any atom is 0.310 e. The molecule has 1 rings (SSSR count). The van der Waals surface area contributed by atoms with Crippen molar-refractivity contribution in [2.45, 2.75) is 156 Å². The molecule has 0 saturated carbocycles. The highest BCUT2D eigenvalue weighted by Gasteiger charge is 2.23. The third kappa shape index (κ3) is 15.4. The number of phenolic OH excluding ortho intramolecular Hbond substituents is 1. The van der Waals surface area contributed by atoms with Crippen molar-refractivity contribution >= 4 is 17.7 Å². The molecule has 3 nitrogen and oxygen atoms in total. The Labute approximate surface area is 240 Å². The summed E-state index contributed by atoms with van der Waals surface area (Å²) in [6.45, 7) is 12.9. The largest absolute Gasteiger partial charge is 0.507 e. The highest BCUT2D eigenvalue weighted by molar-refractivity contribution is 7.99. The Morgan fingerprint density at radius 3 is 1.74 bits per heavy atom. The Bertz CT molecular complexity index is 766. The van der Waals surface area contributed by atoms with Crippen molar-refractivity contribution in [2.75, 3.05) is 18.1 Å². The van der Waals surface area contributed by atoms with Crippen molar-refractivity contribution in [3.8, 4) is 5.75 Å². The van der Waals surface area contributed by atoms with E-state index in [1.807, 2.05) is 31.7 Å². The predicted octanol–water partition coefficient (Wildman–Crippen LogP) is 10.4. The lowest BCUT2D eigenvalue weighted by atomic mass is 9.82. The molecule has 0 saturated heterocycles. The molecular formula is C34H60O3S. The number of carbonyl (C=O) groups excluding carboxylic acids is 1. The van der Waals surface area contributed by atoms with Gasteiger partial charge in [0.25, 0.3) is 0 Å². The average Bonchev–Trinajstić information content (AvgIpc) is 2.86. The maximum atomic E-state index is 12.4. The SMILES string of the molecule is CCCCCCCCCCCCCCCCCCSCCOC(=O)Cc1c(C)cc(C(C)(C)C)c(O)c1C. The smallest absolute Gasteiger partial charge is 0.310 e. The highest BCUT2D eigenvalue weighted by atomic mass is 32.2. The van der Waals surface area contributed by atoms with Gasteiger partial charge < -0.3 is 9.84 Å². The van der Waals surface area contributed by atoms with Gasteiger partial charge in [-0.3, -0.25) is 4.79 Å². The number of carbonyl (C=O) groups is 1. The van der Waals surface area contributed by atoms with Gasteiger partial charge in [-0.25, -0.2) is 0 Å². The van der Waals surface area contributed by atoms with Crippen LogP contribution in [0.1, 0.15) is 153 Å². The minimum absolute atomic E-state index is 0.137. The summed E-state index contributed by atoms with van der Waals surface area (Å²) < 4.78 is 5.49. The van der Waals surface area contributed by atoms with Crippen LogP contribution < -0.4 is 0 Å². The lowest BCUT2D eigenvalue weighted by molar-refractivity contribution is -0.142. The van der Waals surface area contributed by atoms with Crippen LogP contribution in [0.2, 0.25) is 0 Å². The second kappa shape index (κ2) is 20.7. The van der Waals surface area contributed by atoms with Crippen LogP contribution in [0, 0.1) is 13.8 Å². The first-order valence-electron chi connectivity index (χ1n) is 15.7. The Balaban J connectivity index is 1.98. The van der Waals surface area contributed by atoms with Crippen molar-refractivity contribution in [2.24, 2.45) is 0 Å². The number of phenols is 1. The molecule has 0 bridgehead atoms. The molecule has 0 aromatic heterocycles. The summed E-state index contributed by atoms with van der Waals surface area (Å²) in [4.78, 5) is 12.4. The van der Waals surface area contributed by atoms with E-state index in [4.69, 9.17) is 4.74 Å². The first-order valence-corrected chi connectivity index (χ1v) is 16.9. The van der Waals surface area contributed by atoms with Crippen molar-refractivity contribution in [1.29, 1.82) is 0 Å². The molecule has 0 heterocycles. The number of aryl methyl sites for hydroxylation is 1. The number of ether oxygens (including phenoxy) is 1. The number of hydrogen-bond acceptors (Lipinski definition) is 4. The zero-order valence-corrected chi connectivity index (χ0v) is 26.7. The molecule has 0 spiro atoms. The molecule has 1 N–H and O–H groups in total. The minimum Gasteiger partial charge on any atom is -0.507 e. The number of thioether (sulfide) groups is 1. The summed E-state index contributed by atoms with van der Waals surface area (Å²) in [6, 6.07) is 2.01. The number of esters is 1. The molecule has 0 radical (unpaired) electrons. The number of hydrogen-bond donors (Lipinski definition) is 1. The first-order chi connectivity index (χ1) is 18.2. The second-order valence-corrected chi connectivity index (χ2v) is 13.5. The molecule has 0 atom stereocenters. The van der Waals surface area contributed by atoms with E-state index < -0.39 is 0 Å². The van der Waals surface area contributed by atoms with E-state index in [1.165, 1.54) is 103 Å². The van der Waals surface area contributed by atoms with E-state index in [9.17, 15) is 9.90 Å². The van der Waals surface area contributed by atoms with E-state index in [1.54, 1.807) is 0 Å². The van der Waals surface area contributed by atoms with Crippen LogP contribution in [0.15, 0.2) is 6.07 Å². The Morgan fingerprint density at radius 1 is 0.789 bits per heavy atom. The number of unbranched alkanes of at least 4 members (excludes halogenated alkanes) is 15. The molecule has 0 aliphatic carbocycles. The van der Waals surface area contributed by atoms with Crippen LogP contribution >= 0.6 is 11.8 Å². The predicted molar refractivity (Wildman–Crippen MR) is 168 cm³/mol. The Kier molecular flexibility index (Phi) is 19.0. The summed E-state index contributed by atoms with van der Waals surface area (Å²) in [5.74, 6) is 2.11. The fourth-order valence-corrected chi connectivity index (χ4v) is 5.93. The number of aromatic hydroxyl groups is 1. The van der Waals surface area contributed by atoms with Gasteiger partial charge in [0.15, 0.2) is 0 Å². The first kappa shape index (κ1) is 34.9. The molecule has 0 aliphatic heterocycles. The van der Waals surface area contributed by atoms with Gasteiger partial charge in [-0.05, 0) is 53.7 Å². The fourth-order valence-electron chi connectivity index (χ4n) is 5.12. The molecule has 38 heavy (non-hydrogen) atoms. The maximum absolute atomic E-state index is 12.4. The molecule has 0 fully saturated rings. The Hall–Kier alpha value is -1.16. The van der Waals surface area contributed by atoms with Crippen LogP contribution in [0.25, 0.3) is 0 Å². The molecule has 0 unspecified atom stereocenters. The summed E-state index contributed by atoms with van der Waals surface area (Å²) in [5, 5.41) is 10.6.